The van der Waals surface area contributed by atoms with Crippen molar-refractivity contribution in [2.75, 3.05) is 4.90 Å². The molecule has 3 rings (SSSR count). The molecule has 0 bridgehead atoms. The molecule has 1 aliphatic heterocycles. The predicted molar refractivity (Wildman–Crippen MR) is 88.8 cm³/mol. The molecule has 3 amide bonds. The fourth-order valence-corrected chi connectivity index (χ4v) is 2.92. The number of nitrogens with zero attached hydrogens (tertiary/aromatic N) is 4. The lowest BCUT2D eigenvalue weighted by Gasteiger charge is -2.25. The zero-order chi connectivity index (χ0) is 16.6. The lowest BCUT2D eigenvalue weighted by Crippen LogP contribution is -2.37. The number of carbonyl (C=O) groups excluding carboxylic acids is 2. The van der Waals surface area contributed by atoms with Gasteiger partial charge in [0.15, 0.2) is 5.82 Å². The van der Waals surface area contributed by atoms with Crippen LogP contribution in [0.2, 0.25) is 0 Å². The zero-order valence-corrected chi connectivity index (χ0v) is 14.3. The molecule has 1 aliphatic rings. The monoisotopic (exact) mass is 374 g/mol. The van der Waals surface area contributed by atoms with Gasteiger partial charge >= 0.3 is 6.03 Å². The third-order valence-electron chi connectivity index (χ3n) is 3.67. The van der Waals surface area contributed by atoms with Crippen molar-refractivity contribution in [3.63, 3.8) is 0 Å². The summed E-state index contributed by atoms with van der Waals surface area (Å²) in [7, 11) is 0. The van der Waals surface area contributed by atoms with E-state index in [0.29, 0.717) is 0 Å². The number of anilines is 1. The average molecular weight is 375 g/mol. The topological polar surface area (TPSA) is 66.4 Å². The number of amides is 3. The number of hydrogen-bond donors (Lipinski definition) is 0. The molecule has 1 aromatic heterocycles. The van der Waals surface area contributed by atoms with Gasteiger partial charge in [0.2, 0.25) is 0 Å². The number of benzene rings is 1. The van der Waals surface area contributed by atoms with Gasteiger partial charge in [-0.25, -0.2) is 9.69 Å². The van der Waals surface area contributed by atoms with Gasteiger partial charge in [0.1, 0.15) is 6.04 Å². The Morgan fingerprint density at radius 1 is 1.13 bits per heavy atom. The summed E-state index contributed by atoms with van der Waals surface area (Å²) in [5.41, 5.74) is 0.770. The lowest BCUT2D eigenvalue weighted by molar-refractivity contribution is -0.120. The normalized spacial score (nSPS) is 18.2. The summed E-state index contributed by atoms with van der Waals surface area (Å²) in [6, 6.07) is 9.50. The fourth-order valence-electron chi connectivity index (χ4n) is 2.65. The lowest BCUT2D eigenvalue weighted by atomic mass is 10.0. The average Bonchev–Trinajstić information content (AvgIpc) is 2.80. The van der Waals surface area contributed by atoms with Crippen LogP contribution in [-0.4, -0.2) is 33.1 Å². The molecule has 118 valence electrons. The number of hydrogen-bond acceptors (Lipinski definition) is 4. The fraction of sp³-hybridized carbons (Fsp3) is 0.250. The van der Waals surface area contributed by atoms with E-state index >= 15 is 0 Å². The van der Waals surface area contributed by atoms with E-state index in [-0.39, 0.29) is 23.8 Å². The van der Waals surface area contributed by atoms with Crippen molar-refractivity contribution in [2.24, 2.45) is 0 Å². The first-order chi connectivity index (χ1) is 11.0. The highest BCUT2D eigenvalue weighted by Gasteiger charge is 2.48. The van der Waals surface area contributed by atoms with Crippen molar-refractivity contribution in [3.8, 4) is 0 Å². The number of urea groups is 1. The summed E-state index contributed by atoms with van der Waals surface area (Å²) in [5.74, 6) is -0.0701. The Bertz CT molecular complexity index is 734. The van der Waals surface area contributed by atoms with Crippen LogP contribution < -0.4 is 4.90 Å². The molecule has 1 atom stereocenters. The van der Waals surface area contributed by atoms with Crippen LogP contribution >= 0.6 is 15.9 Å². The maximum atomic E-state index is 12.9. The second-order valence-electron chi connectivity index (χ2n) is 5.49. The van der Waals surface area contributed by atoms with Crippen molar-refractivity contribution >= 4 is 33.7 Å². The first-order valence-corrected chi connectivity index (χ1v) is 7.99. The molecule has 0 aliphatic carbocycles. The van der Waals surface area contributed by atoms with Crippen molar-refractivity contribution in [1.82, 2.24) is 15.1 Å². The molecule has 1 unspecified atom stereocenters. The van der Waals surface area contributed by atoms with E-state index in [1.54, 1.807) is 17.0 Å². The maximum absolute atomic E-state index is 12.9. The molecule has 0 saturated carbocycles. The summed E-state index contributed by atoms with van der Waals surface area (Å²) >= 11 is 3.38. The highest BCUT2D eigenvalue weighted by Crippen LogP contribution is 2.35. The van der Waals surface area contributed by atoms with Crippen LogP contribution in [0.3, 0.4) is 0 Å². The van der Waals surface area contributed by atoms with Gasteiger partial charge in [-0.1, -0.05) is 28.1 Å². The van der Waals surface area contributed by atoms with Gasteiger partial charge in [0.05, 0.1) is 0 Å². The Morgan fingerprint density at radius 3 is 2.39 bits per heavy atom. The summed E-state index contributed by atoms with van der Waals surface area (Å²) in [5, 5.41) is 7.65. The van der Waals surface area contributed by atoms with Gasteiger partial charge in [-0.3, -0.25) is 4.79 Å². The quantitative estimate of drug-likeness (QED) is 0.773. The molecule has 0 N–H and O–H groups in total. The molecular weight excluding hydrogens is 360 g/mol. The van der Waals surface area contributed by atoms with Crippen molar-refractivity contribution in [2.45, 2.75) is 25.9 Å². The maximum Gasteiger partial charge on any atom is 0.333 e. The van der Waals surface area contributed by atoms with E-state index in [0.717, 1.165) is 14.9 Å². The van der Waals surface area contributed by atoms with Crippen LogP contribution in [0.1, 0.15) is 25.5 Å². The minimum absolute atomic E-state index is 0.123. The van der Waals surface area contributed by atoms with Crippen LogP contribution in [-0.2, 0) is 4.79 Å². The molecule has 6 nitrogen and oxygen atoms in total. The minimum Gasteiger partial charge on any atom is -0.305 e. The number of imide groups is 1. The van der Waals surface area contributed by atoms with Crippen molar-refractivity contribution in [1.29, 1.82) is 0 Å². The van der Waals surface area contributed by atoms with Gasteiger partial charge in [0, 0.05) is 16.7 Å². The van der Waals surface area contributed by atoms with Gasteiger partial charge in [-0.2, -0.15) is 5.10 Å². The van der Waals surface area contributed by atoms with Crippen LogP contribution in [0, 0.1) is 0 Å². The molecule has 1 saturated heterocycles. The van der Waals surface area contributed by atoms with Crippen molar-refractivity contribution in [3.05, 3.63) is 52.6 Å². The Balaban J connectivity index is 2.06. The molecular formula is C16H15BrN4O2. The Kier molecular flexibility index (Phi) is 4.12. The second kappa shape index (κ2) is 6.08. The van der Waals surface area contributed by atoms with Gasteiger partial charge in [-0.15, -0.1) is 5.10 Å². The standard InChI is InChI=1S/C16H15BrN4O2/c1-10(2)20-14(11-5-7-12(17)8-6-11)15(22)21(16(20)23)13-4-3-9-18-19-13/h3-10,14H,1-2H3. The molecule has 1 aromatic carbocycles. The van der Waals surface area contributed by atoms with E-state index in [1.807, 2.05) is 38.1 Å². The highest BCUT2D eigenvalue weighted by atomic mass is 79.9. The van der Waals surface area contributed by atoms with Gasteiger partial charge in [0.25, 0.3) is 5.91 Å². The van der Waals surface area contributed by atoms with Crippen molar-refractivity contribution < 1.29 is 9.59 Å². The molecule has 2 heterocycles. The van der Waals surface area contributed by atoms with Crippen LogP contribution in [0.5, 0.6) is 0 Å². The van der Waals surface area contributed by atoms with Gasteiger partial charge < -0.3 is 4.90 Å². The number of rotatable bonds is 3. The summed E-state index contributed by atoms with van der Waals surface area (Å²) < 4.78 is 0.917. The molecule has 0 radical (unpaired) electrons. The molecule has 7 heteroatoms. The second-order valence-corrected chi connectivity index (χ2v) is 6.41. The van der Waals surface area contributed by atoms with E-state index in [2.05, 4.69) is 26.1 Å². The van der Waals surface area contributed by atoms with E-state index in [1.165, 1.54) is 6.20 Å². The first-order valence-electron chi connectivity index (χ1n) is 7.20. The van der Waals surface area contributed by atoms with E-state index in [9.17, 15) is 9.59 Å². The predicted octanol–water partition coefficient (Wildman–Crippen LogP) is 3.16. The Labute approximate surface area is 142 Å². The largest absolute Gasteiger partial charge is 0.333 e. The van der Waals surface area contributed by atoms with Crippen LogP contribution in [0.25, 0.3) is 0 Å². The number of carbonyl (C=O) groups is 2. The molecule has 2 aromatic rings. The molecule has 0 spiro atoms. The number of halogens is 1. The van der Waals surface area contributed by atoms with Gasteiger partial charge in [-0.05, 0) is 43.7 Å². The smallest absolute Gasteiger partial charge is 0.305 e. The molecule has 23 heavy (non-hydrogen) atoms. The Morgan fingerprint density at radius 2 is 1.83 bits per heavy atom. The molecule has 1 fully saturated rings. The highest BCUT2D eigenvalue weighted by molar-refractivity contribution is 9.10. The van der Waals surface area contributed by atoms with E-state index in [4.69, 9.17) is 0 Å². The van der Waals surface area contributed by atoms with Crippen LogP contribution in [0.15, 0.2) is 47.1 Å². The summed E-state index contributed by atoms with van der Waals surface area (Å²) in [6.45, 7) is 3.77. The summed E-state index contributed by atoms with van der Waals surface area (Å²) in [6.07, 6.45) is 1.50. The third-order valence-corrected chi connectivity index (χ3v) is 4.20. The summed E-state index contributed by atoms with van der Waals surface area (Å²) in [4.78, 5) is 28.3. The SMILES string of the molecule is CC(C)N1C(=O)N(c2cccnn2)C(=O)C1c1ccc(Br)cc1. The minimum atomic E-state index is -0.655. The first kappa shape index (κ1) is 15.6. The third kappa shape index (κ3) is 2.72. The van der Waals surface area contributed by atoms with E-state index < -0.39 is 6.04 Å². The zero-order valence-electron chi connectivity index (χ0n) is 12.7. The number of aromatic nitrogens is 2. The van der Waals surface area contributed by atoms with Crippen LogP contribution in [0.4, 0.5) is 10.6 Å². The Hall–Kier alpha value is -2.28.